The molecule has 0 aromatic heterocycles. The van der Waals surface area contributed by atoms with Gasteiger partial charge >= 0.3 is 5.97 Å². The molecule has 0 heterocycles. The summed E-state index contributed by atoms with van der Waals surface area (Å²) in [5.41, 5.74) is 2.28. The van der Waals surface area contributed by atoms with Gasteiger partial charge in [0.05, 0.1) is 12.2 Å². The quantitative estimate of drug-likeness (QED) is 0.714. The largest absolute Gasteiger partial charge is 0.449 e. The molecule has 138 valence electrons. The molecule has 0 spiro atoms. The Bertz CT molecular complexity index is 713. The zero-order valence-corrected chi connectivity index (χ0v) is 15.1. The maximum absolute atomic E-state index is 12.2. The number of carbonyl (C=O) groups excluding carboxylic acids is 2. The molecule has 0 saturated heterocycles. The Morgan fingerprint density at radius 3 is 2.27 bits per heavy atom. The molecule has 0 aliphatic carbocycles. The van der Waals surface area contributed by atoms with Crippen LogP contribution in [0, 0.1) is 0 Å². The van der Waals surface area contributed by atoms with Gasteiger partial charge in [0.15, 0.2) is 6.10 Å². The minimum atomic E-state index is -0.876. The van der Waals surface area contributed by atoms with Crippen LogP contribution in [0.4, 0.5) is 0 Å². The highest BCUT2D eigenvalue weighted by Crippen LogP contribution is 2.09. The average molecular weight is 355 g/mol. The van der Waals surface area contributed by atoms with Crippen LogP contribution >= 0.6 is 0 Å². The molecule has 2 aromatic carbocycles. The molecule has 5 heteroatoms. The normalized spacial score (nSPS) is 12.9. The third-order valence-electron chi connectivity index (χ3n) is 4.12. The zero-order valence-electron chi connectivity index (χ0n) is 15.1. The van der Waals surface area contributed by atoms with Gasteiger partial charge < -0.3 is 15.2 Å². The van der Waals surface area contributed by atoms with Crippen LogP contribution in [-0.2, 0) is 22.6 Å². The molecule has 1 amide bonds. The number of amides is 1. The molecule has 2 rings (SSSR count). The lowest BCUT2D eigenvalue weighted by Crippen LogP contribution is -2.41. The number of nitrogens with one attached hydrogen (secondary N) is 1. The van der Waals surface area contributed by atoms with E-state index in [2.05, 4.69) is 17.4 Å². The van der Waals surface area contributed by atoms with Crippen molar-refractivity contribution in [3.63, 3.8) is 0 Å². The first-order chi connectivity index (χ1) is 12.5. The Morgan fingerprint density at radius 2 is 1.65 bits per heavy atom. The molecule has 2 aromatic rings. The number of carbonyl (C=O) groups is 2. The summed E-state index contributed by atoms with van der Waals surface area (Å²) in [6.45, 7) is 3.40. The Hall–Kier alpha value is -2.66. The standard InChI is InChI=1S/C21H25NO4/c1-15(8-9-17-6-4-3-5-7-17)22-20(24)16(2)26-21(25)19-12-10-18(14-23)11-13-19/h3-7,10-13,15-16,23H,8-9,14H2,1-2H3,(H,22,24)/t15-,16-/m0/s1. The summed E-state index contributed by atoms with van der Waals surface area (Å²) in [6.07, 6.45) is 0.798. The first kappa shape index (κ1) is 19.7. The minimum absolute atomic E-state index is 0.0207. The van der Waals surface area contributed by atoms with Crippen molar-refractivity contribution in [1.82, 2.24) is 5.32 Å². The third kappa shape index (κ3) is 6.01. The number of hydrogen-bond donors (Lipinski definition) is 2. The number of esters is 1. The molecule has 0 unspecified atom stereocenters. The molecule has 0 saturated carbocycles. The van der Waals surface area contributed by atoms with Crippen molar-refractivity contribution in [2.45, 2.75) is 45.4 Å². The fraction of sp³-hybridized carbons (Fsp3) is 0.333. The highest BCUT2D eigenvalue weighted by atomic mass is 16.5. The maximum atomic E-state index is 12.2. The van der Waals surface area contributed by atoms with Gasteiger partial charge in [-0.15, -0.1) is 0 Å². The van der Waals surface area contributed by atoms with Gasteiger partial charge in [0, 0.05) is 6.04 Å². The zero-order chi connectivity index (χ0) is 18.9. The smallest absolute Gasteiger partial charge is 0.338 e. The van der Waals surface area contributed by atoms with E-state index in [4.69, 9.17) is 9.84 Å². The van der Waals surface area contributed by atoms with E-state index in [1.54, 1.807) is 31.2 Å². The van der Waals surface area contributed by atoms with Gasteiger partial charge in [-0.2, -0.15) is 0 Å². The molecule has 2 atom stereocenters. The molecular weight excluding hydrogens is 330 g/mol. The fourth-order valence-electron chi connectivity index (χ4n) is 2.49. The lowest BCUT2D eigenvalue weighted by atomic mass is 10.1. The van der Waals surface area contributed by atoms with Gasteiger partial charge in [-0.25, -0.2) is 4.79 Å². The number of ether oxygens (including phenoxy) is 1. The van der Waals surface area contributed by atoms with Gasteiger partial charge in [-0.3, -0.25) is 4.79 Å². The van der Waals surface area contributed by atoms with Crippen molar-refractivity contribution in [2.75, 3.05) is 0 Å². The van der Waals surface area contributed by atoms with Crippen LogP contribution in [0.5, 0.6) is 0 Å². The monoisotopic (exact) mass is 355 g/mol. The van der Waals surface area contributed by atoms with Gasteiger partial charge in [0.2, 0.25) is 0 Å². The molecular formula is C21H25NO4. The lowest BCUT2D eigenvalue weighted by Gasteiger charge is -2.18. The van der Waals surface area contributed by atoms with Gasteiger partial charge in [0.1, 0.15) is 0 Å². The number of rotatable bonds is 8. The summed E-state index contributed by atoms with van der Waals surface area (Å²) >= 11 is 0. The van der Waals surface area contributed by atoms with E-state index in [1.807, 2.05) is 25.1 Å². The highest BCUT2D eigenvalue weighted by Gasteiger charge is 2.20. The van der Waals surface area contributed by atoms with Crippen molar-refractivity contribution in [3.8, 4) is 0 Å². The van der Waals surface area contributed by atoms with E-state index in [1.165, 1.54) is 5.56 Å². The second kappa shape index (κ2) is 9.73. The van der Waals surface area contributed by atoms with E-state index in [9.17, 15) is 9.59 Å². The summed E-state index contributed by atoms with van der Waals surface area (Å²) in [5, 5.41) is 11.9. The Morgan fingerprint density at radius 1 is 1.00 bits per heavy atom. The average Bonchev–Trinajstić information content (AvgIpc) is 2.67. The Kier molecular flexibility index (Phi) is 7.36. The summed E-state index contributed by atoms with van der Waals surface area (Å²) in [7, 11) is 0. The van der Waals surface area contributed by atoms with Crippen molar-refractivity contribution in [1.29, 1.82) is 0 Å². The van der Waals surface area contributed by atoms with Crippen molar-refractivity contribution in [3.05, 3.63) is 71.3 Å². The summed E-state index contributed by atoms with van der Waals surface area (Å²) in [6, 6.07) is 16.5. The number of aliphatic hydroxyl groups excluding tert-OH is 1. The van der Waals surface area contributed by atoms with Crippen LogP contribution < -0.4 is 5.32 Å². The molecule has 0 bridgehead atoms. The SMILES string of the molecule is C[C@H](OC(=O)c1ccc(CO)cc1)C(=O)N[C@@H](C)CCc1ccccc1. The highest BCUT2D eigenvalue weighted by molar-refractivity contribution is 5.92. The molecule has 0 aliphatic heterocycles. The van der Waals surface area contributed by atoms with Crippen LogP contribution in [0.25, 0.3) is 0 Å². The number of benzene rings is 2. The van der Waals surface area contributed by atoms with E-state index < -0.39 is 12.1 Å². The lowest BCUT2D eigenvalue weighted by molar-refractivity contribution is -0.129. The van der Waals surface area contributed by atoms with Crippen molar-refractivity contribution in [2.24, 2.45) is 0 Å². The Balaban J connectivity index is 1.79. The van der Waals surface area contributed by atoms with E-state index in [0.29, 0.717) is 11.1 Å². The van der Waals surface area contributed by atoms with Crippen LogP contribution in [0.2, 0.25) is 0 Å². The third-order valence-corrected chi connectivity index (χ3v) is 4.12. The fourth-order valence-corrected chi connectivity index (χ4v) is 2.49. The van der Waals surface area contributed by atoms with Crippen LogP contribution in [0.3, 0.4) is 0 Å². The molecule has 5 nitrogen and oxygen atoms in total. The van der Waals surface area contributed by atoms with Gasteiger partial charge in [-0.05, 0) is 49.9 Å². The van der Waals surface area contributed by atoms with Crippen LogP contribution in [-0.4, -0.2) is 29.1 Å². The predicted molar refractivity (Wildman–Crippen MR) is 99.6 cm³/mol. The van der Waals surface area contributed by atoms with Crippen molar-refractivity contribution < 1.29 is 19.4 Å². The second-order valence-electron chi connectivity index (χ2n) is 6.34. The van der Waals surface area contributed by atoms with Gasteiger partial charge in [-0.1, -0.05) is 42.5 Å². The predicted octanol–water partition coefficient (Wildman–Crippen LogP) is 2.86. The van der Waals surface area contributed by atoms with Gasteiger partial charge in [0.25, 0.3) is 5.91 Å². The summed E-state index contributed by atoms with van der Waals surface area (Å²) in [5.74, 6) is -0.875. The molecule has 0 radical (unpaired) electrons. The molecule has 0 fully saturated rings. The number of aliphatic hydroxyl groups is 1. The van der Waals surface area contributed by atoms with Crippen LogP contribution in [0.15, 0.2) is 54.6 Å². The van der Waals surface area contributed by atoms with E-state index >= 15 is 0 Å². The topological polar surface area (TPSA) is 75.6 Å². The van der Waals surface area contributed by atoms with E-state index in [-0.39, 0.29) is 18.6 Å². The molecule has 2 N–H and O–H groups in total. The number of hydrogen-bond acceptors (Lipinski definition) is 4. The first-order valence-electron chi connectivity index (χ1n) is 8.74. The summed E-state index contributed by atoms with van der Waals surface area (Å²) < 4.78 is 5.22. The molecule has 26 heavy (non-hydrogen) atoms. The summed E-state index contributed by atoms with van der Waals surface area (Å²) in [4.78, 5) is 24.3. The first-order valence-corrected chi connectivity index (χ1v) is 8.74. The second-order valence-corrected chi connectivity index (χ2v) is 6.34. The Labute approximate surface area is 154 Å². The van der Waals surface area contributed by atoms with Crippen molar-refractivity contribution >= 4 is 11.9 Å². The van der Waals surface area contributed by atoms with Crippen LogP contribution in [0.1, 0.15) is 41.8 Å². The number of aryl methyl sites for hydroxylation is 1. The van der Waals surface area contributed by atoms with E-state index in [0.717, 1.165) is 12.8 Å². The molecule has 0 aliphatic rings. The maximum Gasteiger partial charge on any atom is 0.338 e. The minimum Gasteiger partial charge on any atom is -0.449 e.